The van der Waals surface area contributed by atoms with Gasteiger partial charge >= 0.3 is 11.9 Å². The summed E-state index contributed by atoms with van der Waals surface area (Å²) in [6.45, 7) is 0.300. The van der Waals surface area contributed by atoms with E-state index in [0.717, 1.165) is 0 Å². The van der Waals surface area contributed by atoms with Gasteiger partial charge in [-0.1, -0.05) is 0 Å². The van der Waals surface area contributed by atoms with Crippen LogP contribution in [0.4, 0.5) is 17.5 Å². The molecule has 33 heavy (non-hydrogen) atoms. The number of carbonyl (C=O) groups is 3. The Labute approximate surface area is 186 Å². The van der Waals surface area contributed by atoms with E-state index in [-0.39, 0.29) is 41.3 Å². The zero-order valence-corrected chi connectivity index (χ0v) is 17.1. The maximum absolute atomic E-state index is 12.3. The second-order valence-electron chi connectivity index (χ2n) is 6.73. The number of hydrogen-bond donors (Lipinski definition) is 6. The van der Waals surface area contributed by atoms with Crippen LogP contribution in [0.2, 0.25) is 0 Å². The molecule has 0 aliphatic rings. The van der Waals surface area contributed by atoms with Crippen LogP contribution in [0.3, 0.4) is 0 Å². The molecule has 0 radical (unpaired) electrons. The third kappa shape index (κ3) is 6.44. The van der Waals surface area contributed by atoms with E-state index in [1.54, 1.807) is 12.1 Å². The maximum Gasteiger partial charge on any atom is 0.326 e. The second-order valence-corrected chi connectivity index (χ2v) is 6.73. The van der Waals surface area contributed by atoms with Crippen molar-refractivity contribution in [1.29, 1.82) is 0 Å². The fourth-order valence-corrected chi connectivity index (χ4v) is 2.77. The predicted octanol–water partition coefficient (Wildman–Crippen LogP) is -0.581. The Hall–Kier alpha value is -4.59. The van der Waals surface area contributed by atoms with E-state index in [0.29, 0.717) is 23.4 Å². The summed E-state index contributed by atoms with van der Waals surface area (Å²) in [7, 11) is 0. The standard InChI is InChI=1S/C19H20N8O5.H2O/c20-15-14-16(27-19(21)26-15)23-8-11(24-14)7-22-10-3-1-9(2-4-10)17(30)25-12(18(31)32)5-6-13(28)29;/h1-4,8,12,22H,5-7H2,(H,25,30)(H,28,29)(H,31,32)(H4,20,21,23,26,27);1H2. The van der Waals surface area contributed by atoms with Gasteiger partial charge in [0.2, 0.25) is 5.95 Å². The molecule has 3 rings (SSSR count). The summed E-state index contributed by atoms with van der Waals surface area (Å²) >= 11 is 0. The highest BCUT2D eigenvalue weighted by Gasteiger charge is 2.21. The lowest BCUT2D eigenvalue weighted by Gasteiger charge is -2.14. The average molecular weight is 458 g/mol. The molecule has 1 aromatic carbocycles. The topological polar surface area (TPSA) is 251 Å². The number of nitrogen functional groups attached to an aromatic ring is 2. The highest BCUT2D eigenvalue weighted by molar-refractivity contribution is 5.97. The van der Waals surface area contributed by atoms with E-state index in [9.17, 15) is 14.4 Å². The maximum atomic E-state index is 12.3. The number of nitrogens with one attached hydrogen (secondary N) is 2. The second kappa shape index (κ2) is 10.6. The summed E-state index contributed by atoms with van der Waals surface area (Å²) in [4.78, 5) is 50.5. The van der Waals surface area contributed by atoms with Crippen molar-refractivity contribution in [2.45, 2.75) is 25.4 Å². The van der Waals surface area contributed by atoms with Crippen molar-refractivity contribution in [3.8, 4) is 0 Å². The van der Waals surface area contributed by atoms with Gasteiger partial charge < -0.3 is 37.8 Å². The molecular weight excluding hydrogens is 436 g/mol. The van der Waals surface area contributed by atoms with Gasteiger partial charge in [-0.3, -0.25) is 9.59 Å². The van der Waals surface area contributed by atoms with Gasteiger partial charge in [-0.25, -0.2) is 14.8 Å². The van der Waals surface area contributed by atoms with Crippen LogP contribution in [0.15, 0.2) is 30.5 Å². The number of carbonyl (C=O) groups excluding carboxylic acids is 1. The summed E-state index contributed by atoms with van der Waals surface area (Å²) in [6.07, 6.45) is 0.931. The van der Waals surface area contributed by atoms with E-state index in [2.05, 4.69) is 30.6 Å². The highest BCUT2D eigenvalue weighted by Crippen LogP contribution is 2.16. The number of nitrogens with zero attached hydrogens (tertiary/aromatic N) is 4. The summed E-state index contributed by atoms with van der Waals surface area (Å²) in [6, 6.07) is 4.99. The first kappa shape index (κ1) is 24.7. The molecule has 0 aliphatic carbocycles. The number of anilines is 3. The molecule has 0 saturated heterocycles. The Balaban J connectivity index is 0.00000385. The number of aromatic nitrogens is 4. The normalized spacial score (nSPS) is 11.3. The molecule has 1 unspecified atom stereocenters. The number of hydrogen-bond acceptors (Lipinski definition) is 10. The summed E-state index contributed by atoms with van der Waals surface area (Å²) in [5.41, 5.74) is 13.4. The fraction of sp³-hybridized carbons (Fsp3) is 0.211. The Morgan fingerprint density at radius 1 is 1.03 bits per heavy atom. The molecule has 0 saturated carbocycles. The molecule has 10 N–H and O–H groups in total. The van der Waals surface area contributed by atoms with Crippen molar-refractivity contribution in [3.63, 3.8) is 0 Å². The van der Waals surface area contributed by atoms with Crippen LogP contribution in [0.1, 0.15) is 28.9 Å². The Bertz CT molecular complexity index is 1170. The number of benzene rings is 1. The summed E-state index contributed by atoms with van der Waals surface area (Å²) in [5, 5.41) is 23.3. The first-order valence-electron chi connectivity index (χ1n) is 9.37. The van der Waals surface area contributed by atoms with Gasteiger partial charge in [0.1, 0.15) is 6.04 Å². The quantitative estimate of drug-likeness (QED) is 0.235. The summed E-state index contributed by atoms with van der Waals surface area (Å²) in [5.74, 6) is -2.93. The van der Waals surface area contributed by atoms with Crippen LogP contribution in [0.5, 0.6) is 0 Å². The average Bonchev–Trinajstić information content (AvgIpc) is 2.75. The van der Waals surface area contributed by atoms with E-state index in [1.807, 2.05) is 0 Å². The molecule has 2 aromatic heterocycles. The molecule has 174 valence electrons. The molecule has 3 aromatic rings. The van der Waals surface area contributed by atoms with Gasteiger partial charge in [-0.05, 0) is 30.7 Å². The van der Waals surface area contributed by atoms with Crippen LogP contribution >= 0.6 is 0 Å². The van der Waals surface area contributed by atoms with Crippen LogP contribution < -0.4 is 22.1 Å². The van der Waals surface area contributed by atoms with Crippen LogP contribution in [0.25, 0.3) is 11.2 Å². The molecule has 0 fully saturated rings. The third-order valence-corrected chi connectivity index (χ3v) is 4.37. The van der Waals surface area contributed by atoms with Gasteiger partial charge in [0, 0.05) is 17.7 Å². The summed E-state index contributed by atoms with van der Waals surface area (Å²) < 4.78 is 0. The number of carboxylic acids is 2. The van der Waals surface area contributed by atoms with Gasteiger partial charge in [-0.15, -0.1) is 0 Å². The van der Waals surface area contributed by atoms with Gasteiger partial charge in [-0.2, -0.15) is 9.97 Å². The number of fused-ring (bicyclic) bond motifs is 1. The first-order chi connectivity index (χ1) is 15.2. The minimum absolute atomic E-state index is 0. The van der Waals surface area contributed by atoms with E-state index >= 15 is 0 Å². The zero-order valence-electron chi connectivity index (χ0n) is 17.1. The van der Waals surface area contributed by atoms with Crippen LogP contribution in [0, 0.1) is 0 Å². The van der Waals surface area contributed by atoms with E-state index in [4.69, 9.17) is 21.7 Å². The van der Waals surface area contributed by atoms with E-state index in [1.165, 1.54) is 18.3 Å². The molecule has 1 amide bonds. The molecule has 0 aliphatic heterocycles. The lowest BCUT2D eigenvalue weighted by Crippen LogP contribution is -2.41. The van der Waals surface area contributed by atoms with Crippen molar-refractivity contribution >= 4 is 46.5 Å². The predicted molar refractivity (Wildman–Crippen MR) is 117 cm³/mol. The highest BCUT2D eigenvalue weighted by atomic mass is 16.4. The Kier molecular flexibility index (Phi) is 7.95. The minimum atomic E-state index is -1.30. The van der Waals surface area contributed by atoms with Crippen LogP contribution in [-0.2, 0) is 16.1 Å². The lowest BCUT2D eigenvalue weighted by molar-refractivity contribution is -0.140. The molecule has 0 spiro atoms. The number of carboxylic acid groups (broad SMARTS) is 2. The number of amides is 1. The van der Waals surface area contributed by atoms with Gasteiger partial charge in [0.25, 0.3) is 5.91 Å². The van der Waals surface area contributed by atoms with Crippen LogP contribution in [-0.4, -0.2) is 59.5 Å². The van der Waals surface area contributed by atoms with Crippen molar-refractivity contribution in [1.82, 2.24) is 25.3 Å². The van der Waals surface area contributed by atoms with Crippen molar-refractivity contribution in [3.05, 3.63) is 41.7 Å². The number of nitrogens with two attached hydrogens (primary N) is 2. The largest absolute Gasteiger partial charge is 0.481 e. The molecule has 14 heteroatoms. The van der Waals surface area contributed by atoms with Crippen molar-refractivity contribution in [2.75, 3.05) is 16.8 Å². The van der Waals surface area contributed by atoms with Gasteiger partial charge in [0.15, 0.2) is 17.0 Å². The SMILES string of the molecule is Nc1nc(N)c2nc(CNc3ccc(C(=O)NC(CCC(=O)O)C(=O)O)cc3)cnc2n1.O. The fourth-order valence-electron chi connectivity index (χ4n) is 2.77. The van der Waals surface area contributed by atoms with Crippen molar-refractivity contribution in [2.24, 2.45) is 0 Å². The molecule has 2 heterocycles. The van der Waals surface area contributed by atoms with Gasteiger partial charge in [0.05, 0.1) is 18.4 Å². The molecule has 1 atom stereocenters. The first-order valence-corrected chi connectivity index (χ1v) is 9.37. The molecule has 0 bridgehead atoms. The van der Waals surface area contributed by atoms with Crippen molar-refractivity contribution < 1.29 is 30.1 Å². The monoisotopic (exact) mass is 458 g/mol. The molecular formula is C19H22N8O6. The zero-order chi connectivity index (χ0) is 23.3. The minimum Gasteiger partial charge on any atom is -0.481 e. The number of aliphatic carboxylic acids is 2. The Morgan fingerprint density at radius 3 is 2.36 bits per heavy atom. The van der Waals surface area contributed by atoms with E-state index < -0.39 is 23.9 Å². The third-order valence-electron chi connectivity index (χ3n) is 4.37. The smallest absolute Gasteiger partial charge is 0.326 e. The molecule has 14 nitrogen and oxygen atoms in total. The Morgan fingerprint density at radius 2 is 1.73 bits per heavy atom. The lowest BCUT2D eigenvalue weighted by atomic mass is 10.1. The number of rotatable bonds is 9.